The quantitative estimate of drug-likeness (QED) is 0.278. The van der Waals surface area contributed by atoms with Crippen molar-refractivity contribution in [3.05, 3.63) is 94.8 Å². The summed E-state index contributed by atoms with van der Waals surface area (Å²) in [4.78, 5) is 55.4. The molecule has 0 aliphatic carbocycles. The zero-order chi connectivity index (χ0) is 29.6. The normalized spacial score (nSPS) is 15.9. The molecule has 0 aromatic heterocycles. The number of imide groups is 1. The molecule has 5 rings (SSSR count). The van der Waals surface area contributed by atoms with Gasteiger partial charge in [-0.05, 0) is 53.9 Å². The van der Waals surface area contributed by atoms with E-state index < -0.39 is 23.8 Å². The Morgan fingerprint density at radius 3 is 2.31 bits per heavy atom. The standard InChI is InChI=1S/C32H33FN4O5/c1-34-30(39)27(5-3-19-38)37-31(40)26-4-2-6-28(29(26)32(37)41)42-21-23-9-7-22(8-10-23)20-35-15-17-36(18-16-35)25-13-11-24(33)12-14-25/h2,4,6-14,19,27H,3,5,15-18,20-21H2,1H3,(H,34,39). The lowest BCUT2D eigenvalue weighted by atomic mass is 10.1. The van der Waals surface area contributed by atoms with E-state index in [0.29, 0.717) is 6.29 Å². The number of fused-ring (bicyclic) bond motifs is 1. The summed E-state index contributed by atoms with van der Waals surface area (Å²) in [6.07, 6.45) is 0.738. The molecule has 10 heteroatoms. The number of amides is 3. The maximum Gasteiger partial charge on any atom is 0.266 e. The topological polar surface area (TPSA) is 99.3 Å². The molecule has 218 valence electrons. The van der Waals surface area contributed by atoms with Crippen molar-refractivity contribution in [1.82, 2.24) is 15.1 Å². The number of ether oxygens (including phenoxy) is 1. The van der Waals surface area contributed by atoms with Crippen molar-refractivity contribution in [2.45, 2.75) is 32.0 Å². The number of nitrogens with one attached hydrogen (secondary N) is 1. The Bertz CT molecular complexity index is 1450. The van der Waals surface area contributed by atoms with E-state index in [1.165, 1.54) is 30.8 Å². The Labute approximate surface area is 243 Å². The predicted molar refractivity (Wildman–Crippen MR) is 155 cm³/mol. The van der Waals surface area contributed by atoms with Crippen molar-refractivity contribution in [2.24, 2.45) is 0 Å². The molecular weight excluding hydrogens is 539 g/mol. The van der Waals surface area contributed by atoms with Gasteiger partial charge >= 0.3 is 0 Å². The zero-order valence-corrected chi connectivity index (χ0v) is 23.4. The minimum atomic E-state index is -1.08. The van der Waals surface area contributed by atoms with Gasteiger partial charge in [-0.3, -0.25) is 24.2 Å². The average molecular weight is 573 g/mol. The SMILES string of the molecule is CNC(=O)C(CCC=O)N1C(=O)c2cccc(OCc3ccc(CN4CCN(c5ccc(F)cc5)CC4)cc3)c2C1=O. The van der Waals surface area contributed by atoms with Gasteiger partial charge in [0.2, 0.25) is 5.91 Å². The average Bonchev–Trinajstić information content (AvgIpc) is 3.27. The molecule has 42 heavy (non-hydrogen) atoms. The molecule has 1 fully saturated rings. The van der Waals surface area contributed by atoms with Crippen LogP contribution in [-0.2, 0) is 22.7 Å². The second-order valence-corrected chi connectivity index (χ2v) is 10.4. The number of likely N-dealkylation sites (N-methyl/N-ethyl adjacent to an activating group) is 1. The minimum Gasteiger partial charge on any atom is -0.488 e. The van der Waals surface area contributed by atoms with Gasteiger partial charge in [-0.15, -0.1) is 0 Å². The van der Waals surface area contributed by atoms with E-state index >= 15 is 0 Å². The molecule has 3 aromatic carbocycles. The van der Waals surface area contributed by atoms with Crippen LogP contribution in [0.15, 0.2) is 66.7 Å². The Balaban J connectivity index is 1.19. The maximum absolute atomic E-state index is 13.3. The number of aldehydes is 1. The van der Waals surface area contributed by atoms with Crippen LogP contribution in [0.25, 0.3) is 0 Å². The lowest BCUT2D eigenvalue weighted by Gasteiger charge is -2.36. The lowest BCUT2D eigenvalue weighted by molar-refractivity contribution is -0.124. The number of carbonyl (C=O) groups excluding carboxylic acids is 4. The molecule has 0 bridgehead atoms. The van der Waals surface area contributed by atoms with Crippen molar-refractivity contribution in [1.29, 1.82) is 0 Å². The highest BCUT2D eigenvalue weighted by molar-refractivity contribution is 6.24. The maximum atomic E-state index is 13.3. The van der Waals surface area contributed by atoms with Crippen LogP contribution in [-0.4, -0.2) is 73.1 Å². The predicted octanol–water partition coefficient (Wildman–Crippen LogP) is 3.42. The van der Waals surface area contributed by atoms with E-state index in [0.717, 1.165) is 48.9 Å². The van der Waals surface area contributed by atoms with E-state index in [-0.39, 0.29) is 42.1 Å². The molecule has 2 heterocycles. The van der Waals surface area contributed by atoms with Crippen LogP contribution in [0, 0.1) is 5.82 Å². The highest BCUT2D eigenvalue weighted by Gasteiger charge is 2.44. The van der Waals surface area contributed by atoms with E-state index in [1.54, 1.807) is 12.1 Å². The number of hydrogen-bond acceptors (Lipinski definition) is 7. The fraction of sp³-hybridized carbons (Fsp3) is 0.312. The summed E-state index contributed by atoms with van der Waals surface area (Å²) in [5, 5.41) is 2.47. The Morgan fingerprint density at radius 2 is 1.64 bits per heavy atom. The van der Waals surface area contributed by atoms with Gasteiger partial charge in [0.15, 0.2) is 0 Å². The van der Waals surface area contributed by atoms with Gasteiger partial charge in [-0.1, -0.05) is 30.3 Å². The molecule has 0 spiro atoms. The van der Waals surface area contributed by atoms with E-state index in [2.05, 4.69) is 27.2 Å². The van der Waals surface area contributed by atoms with Gasteiger partial charge in [-0.25, -0.2) is 4.39 Å². The minimum absolute atomic E-state index is 0.0387. The summed E-state index contributed by atoms with van der Waals surface area (Å²) in [5.41, 5.74) is 3.40. The molecule has 9 nitrogen and oxygen atoms in total. The molecular formula is C32H33FN4O5. The summed E-state index contributed by atoms with van der Waals surface area (Å²) in [6.45, 7) is 4.56. The first-order valence-electron chi connectivity index (χ1n) is 14.0. The van der Waals surface area contributed by atoms with Crippen molar-refractivity contribution >= 4 is 29.7 Å². The molecule has 1 unspecified atom stereocenters. The summed E-state index contributed by atoms with van der Waals surface area (Å²) < 4.78 is 19.2. The number of anilines is 1. The number of carbonyl (C=O) groups is 4. The van der Waals surface area contributed by atoms with Gasteiger partial charge in [0.25, 0.3) is 11.8 Å². The second-order valence-electron chi connectivity index (χ2n) is 10.4. The molecule has 2 aliphatic heterocycles. The first-order chi connectivity index (χ1) is 20.4. The number of halogens is 1. The van der Waals surface area contributed by atoms with Crippen LogP contribution in [0.4, 0.5) is 10.1 Å². The zero-order valence-electron chi connectivity index (χ0n) is 23.4. The Kier molecular flexibility index (Phi) is 8.92. The van der Waals surface area contributed by atoms with Crippen LogP contribution in [0.1, 0.15) is 44.7 Å². The fourth-order valence-electron chi connectivity index (χ4n) is 5.42. The highest BCUT2D eigenvalue weighted by atomic mass is 19.1. The molecule has 2 aliphatic rings. The van der Waals surface area contributed by atoms with Crippen LogP contribution in [0.2, 0.25) is 0 Å². The largest absolute Gasteiger partial charge is 0.488 e. The van der Waals surface area contributed by atoms with Gasteiger partial charge in [0.05, 0.1) is 11.1 Å². The molecule has 3 aromatic rings. The molecule has 0 saturated carbocycles. The summed E-state index contributed by atoms with van der Waals surface area (Å²) in [6, 6.07) is 18.4. The number of nitrogens with zero attached hydrogens (tertiary/aromatic N) is 3. The van der Waals surface area contributed by atoms with E-state index in [9.17, 15) is 23.6 Å². The van der Waals surface area contributed by atoms with Crippen LogP contribution in [0.5, 0.6) is 5.75 Å². The van der Waals surface area contributed by atoms with Crippen LogP contribution in [0.3, 0.4) is 0 Å². The van der Waals surface area contributed by atoms with Gasteiger partial charge in [0.1, 0.15) is 30.5 Å². The third-order valence-electron chi connectivity index (χ3n) is 7.71. The molecule has 3 amide bonds. The van der Waals surface area contributed by atoms with Gasteiger partial charge in [0, 0.05) is 51.9 Å². The van der Waals surface area contributed by atoms with Crippen molar-refractivity contribution in [3.63, 3.8) is 0 Å². The third-order valence-corrected chi connectivity index (χ3v) is 7.71. The number of hydrogen-bond donors (Lipinski definition) is 1. The van der Waals surface area contributed by atoms with Gasteiger partial charge in [-0.2, -0.15) is 0 Å². The lowest BCUT2D eigenvalue weighted by Crippen LogP contribution is -2.48. The fourth-order valence-corrected chi connectivity index (χ4v) is 5.42. The van der Waals surface area contributed by atoms with Crippen LogP contribution < -0.4 is 15.0 Å². The van der Waals surface area contributed by atoms with E-state index in [4.69, 9.17) is 4.74 Å². The van der Waals surface area contributed by atoms with Crippen molar-refractivity contribution in [2.75, 3.05) is 38.1 Å². The van der Waals surface area contributed by atoms with Crippen molar-refractivity contribution < 1.29 is 28.3 Å². The molecule has 0 radical (unpaired) electrons. The van der Waals surface area contributed by atoms with Gasteiger partial charge < -0.3 is 19.7 Å². The number of benzene rings is 3. The summed E-state index contributed by atoms with van der Waals surface area (Å²) in [5.74, 6) is -1.67. The number of rotatable bonds is 11. The van der Waals surface area contributed by atoms with Crippen LogP contribution >= 0.6 is 0 Å². The molecule has 1 atom stereocenters. The molecule has 1 saturated heterocycles. The summed E-state index contributed by atoms with van der Waals surface area (Å²) in [7, 11) is 1.42. The second kappa shape index (κ2) is 12.9. The smallest absolute Gasteiger partial charge is 0.266 e. The van der Waals surface area contributed by atoms with E-state index in [1.807, 2.05) is 24.3 Å². The molecule has 1 N–H and O–H groups in total. The first-order valence-corrected chi connectivity index (χ1v) is 14.0. The first kappa shape index (κ1) is 28.9. The number of piperazine rings is 1. The Morgan fingerprint density at radius 1 is 0.952 bits per heavy atom. The third kappa shape index (κ3) is 6.18. The van der Waals surface area contributed by atoms with Crippen molar-refractivity contribution in [3.8, 4) is 5.75 Å². The highest BCUT2D eigenvalue weighted by Crippen LogP contribution is 2.33. The Hall–Kier alpha value is -4.57. The monoisotopic (exact) mass is 572 g/mol. The summed E-state index contributed by atoms with van der Waals surface area (Å²) >= 11 is 0.